The molecule has 2 N–H and O–H groups in total. The van der Waals surface area contributed by atoms with Crippen LogP contribution in [0.5, 0.6) is 5.88 Å². The highest BCUT2D eigenvalue weighted by atomic mass is 16.5. The third-order valence-corrected chi connectivity index (χ3v) is 3.57. The lowest BCUT2D eigenvalue weighted by Gasteiger charge is -2.27. The minimum absolute atomic E-state index is 0.140. The summed E-state index contributed by atoms with van der Waals surface area (Å²) in [5, 5.41) is 7.13. The number of hydrogen-bond donors (Lipinski definition) is 2. The number of anilines is 1. The van der Waals surface area contributed by atoms with Crippen molar-refractivity contribution in [3.63, 3.8) is 0 Å². The summed E-state index contributed by atoms with van der Waals surface area (Å²) in [6.07, 6.45) is 6.99. The Morgan fingerprint density at radius 3 is 2.95 bits per heavy atom. The lowest BCUT2D eigenvalue weighted by atomic mass is 9.99. The van der Waals surface area contributed by atoms with E-state index in [4.69, 9.17) is 4.74 Å². The monoisotopic (exact) mass is 277 g/mol. The van der Waals surface area contributed by atoms with Gasteiger partial charge in [0.2, 0.25) is 5.88 Å². The SMILES string of the molecule is CC(CC1CCCCN1)Nc1cccnc1OC(C)C. The van der Waals surface area contributed by atoms with Gasteiger partial charge in [-0.2, -0.15) is 0 Å². The van der Waals surface area contributed by atoms with Crippen molar-refractivity contribution in [2.24, 2.45) is 0 Å². The summed E-state index contributed by atoms with van der Waals surface area (Å²) in [7, 11) is 0. The molecule has 0 radical (unpaired) electrons. The summed E-state index contributed by atoms with van der Waals surface area (Å²) >= 11 is 0. The molecule has 1 aliphatic rings. The average molecular weight is 277 g/mol. The van der Waals surface area contributed by atoms with Crippen molar-refractivity contribution >= 4 is 5.69 Å². The Kier molecular flexibility index (Phi) is 5.65. The van der Waals surface area contributed by atoms with Crippen molar-refractivity contribution in [2.75, 3.05) is 11.9 Å². The van der Waals surface area contributed by atoms with Crippen LogP contribution in [-0.2, 0) is 0 Å². The number of hydrogen-bond acceptors (Lipinski definition) is 4. The van der Waals surface area contributed by atoms with Crippen molar-refractivity contribution in [3.05, 3.63) is 18.3 Å². The molecule has 112 valence electrons. The molecule has 2 unspecified atom stereocenters. The lowest BCUT2D eigenvalue weighted by Crippen LogP contribution is -2.37. The molecule has 4 nitrogen and oxygen atoms in total. The van der Waals surface area contributed by atoms with Gasteiger partial charge in [-0.15, -0.1) is 0 Å². The van der Waals surface area contributed by atoms with Gasteiger partial charge in [0.15, 0.2) is 0 Å². The number of aromatic nitrogens is 1. The quantitative estimate of drug-likeness (QED) is 0.838. The molecule has 0 aliphatic carbocycles. The fourth-order valence-corrected chi connectivity index (χ4v) is 2.69. The van der Waals surface area contributed by atoms with Crippen LogP contribution in [0.3, 0.4) is 0 Å². The first-order chi connectivity index (χ1) is 9.65. The number of ether oxygens (including phenoxy) is 1. The van der Waals surface area contributed by atoms with Crippen LogP contribution in [-0.4, -0.2) is 29.7 Å². The van der Waals surface area contributed by atoms with Crippen LogP contribution >= 0.6 is 0 Å². The van der Waals surface area contributed by atoms with Gasteiger partial charge in [0.1, 0.15) is 0 Å². The maximum Gasteiger partial charge on any atom is 0.237 e. The second-order valence-corrected chi connectivity index (χ2v) is 5.95. The molecule has 4 heteroatoms. The molecule has 0 bridgehead atoms. The molecule has 1 aromatic rings. The summed E-state index contributed by atoms with van der Waals surface area (Å²) in [5.41, 5.74) is 0.990. The van der Waals surface area contributed by atoms with Crippen molar-refractivity contribution in [2.45, 2.75) is 64.6 Å². The molecule has 2 atom stereocenters. The van der Waals surface area contributed by atoms with E-state index in [1.165, 1.54) is 19.3 Å². The topological polar surface area (TPSA) is 46.2 Å². The van der Waals surface area contributed by atoms with Crippen LogP contribution in [0.4, 0.5) is 5.69 Å². The van der Waals surface area contributed by atoms with Gasteiger partial charge in [-0.1, -0.05) is 6.42 Å². The molecular formula is C16H27N3O. The standard InChI is InChI=1S/C16H27N3O/c1-12(2)20-16-15(8-6-10-18-16)19-13(3)11-14-7-4-5-9-17-14/h6,8,10,12-14,17,19H,4-5,7,9,11H2,1-3H3. The van der Waals surface area contributed by atoms with Crippen molar-refractivity contribution in [1.82, 2.24) is 10.3 Å². The Morgan fingerprint density at radius 1 is 1.40 bits per heavy atom. The molecule has 0 saturated carbocycles. The third kappa shape index (κ3) is 4.67. The van der Waals surface area contributed by atoms with Gasteiger partial charge in [-0.05, 0) is 58.7 Å². The Labute approximate surface area is 122 Å². The smallest absolute Gasteiger partial charge is 0.237 e. The summed E-state index contributed by atoms with van der Waals surface area (Å²) in [5.74, 6) is 0.700. The van der Waals surface area contributed by atoms with Gasteiger partial charge in [0, 0.05) is 18.3 Å². The van der Waals surface area contributed by atoms with Gasteiger partial charge in [-0.3, -0.25) is 0 Å². The van der Waals surface area contributed by atoms with E-state index in [1.54, 1.807) is 6.20 Å². The number of nitrogens with zero attached hydrogens (tertiary/aromatic N) is 1. The first-order valence-corrected chi connectivity index (χ1v) is 7.76. The molecule has 0 amide bonds. The molecule has 1 saturated heterocycles. The molecular weight excluding hydrogens is 250 g/mol. The van der Waals surface area contributed by atoms with Crippen molar-refractivity contribution in [3.8, 4) is 5.88 Å². The van der Waals surface area contributed by atoms with Gasteiger partial charge in [0.25, 0.3) is 0 Å². The van der Waals surface area contributed by atoms with Gasteiger partial charge >= 0.3 is 0 Å². The zero-order valence-corrected chi connectivity index (χ0v) is 12.9. The highest BCUT2D eigenvalue weighted by molar-refractivity contribution is 5.52. The lowest BCUT2D eigenvalue weighted by molar-refractivity contribution is 0.233. The van der Waals surface area contributed by atoms with E-state index in [0.29, 0.717) is 18.0 Å². The number of rotatable bonds is 6. The van der Waals surface area contributed by atoms with Crippen LogP contribution in [0.25, 0.3) is 0 Å². The maximum absolute atomic E-state index is 5.75. The maximum atomic E-state index is 5.75. The minimum Gasteiger partial charge on any atom is -0.473 e. The van der Waals surface area contributed by atoms with E-state index in [0.717, 1.165) is 18.7 Å². The summed E-state index contributed by atoms with van der Waals surface area (Å²) in [6.45, 7) is 7.43. The molecule has 20 heavy (non-hydrogen) atoms. The number of piperidine rings is 1. The van der Waals surface area contributed by atoms with E-state index in [9.17, 15) is 0 Å². The second kappa shape index (κ2) is 7.48. The predicted octanol–water partition coefficient (Wildman–Crippen LogP) is 3.20. The van der Waals surface area contributed by atoms with Crippen LogP contribution in [0.2, 0.25) is 0 Å². The number of pyridine rings is 1. The van der Waals surface area contributed by atoms with Gasteiger partial charge in [0.05, 0.1) is 11.8 Å². The number of nitrogens with one attached hydrogen (secondary N) is 2. The molecule has 0 spiro atoms. The Hall–Kier alpha value is -1.29. The largest absolute Gasteiger partial charge is 0.473 e. The van der Waals surface area contributed by atoms with Crippen LogP contribution in [0, 0.1) is 0 Å². The van der Waals surface area contributed by atoms with E-state index in [1.807, 2.05) is 26.0 Å². The highest BCUT2D eigenvalue weighted by Crippen LogP contribution is 2.24. The van der Waals surface area contributed by atoms with Crippen molar-refractivity contribution in [1.29, 1.82) is 0 Å². The van der Waals surface area contributed by atoms with Crippen LogP contribution in [0.15, 0.2) is 18.3 Å². The molecule has 1 aromatic heterocycles. The Balaban J connectivity index is 1.91. The fraction of sp³-hybridized carbons (Fsp3) is 0.688. The van der Waals surface area contributed by atoms with E-state index in [-0.39, 0.29) is 6.10 Å². The Bertz CT molecular complexity index is 402. The normalized spacial score (nSPS) is 20.7. The van der Waals surface area contributed by atoms with Crippen LogP contribution < -0.4 is 15.4 Å². The van der Waals surface area contributed by atoms with E-state index < -0.39 is 0 Å². The molecule has 2 rings (SSSR count). The first-order valence-electron chi connectivity index (χ1n) is 7.76. The van der Waals surface area contributed by atoms with E-state index >= 15 is 0 Å². The zero-order valence-electron chi connectivity index (χ0n) is 12.9. The molecule has 2 heterocycles. The first kappa shape index (κ1) is 15.1. The Morgan fingerprint density at radius 2 is 2.25 bits per heavy atom. The summed E-state index contributed by atoms with van der Waals surface area (Å²) in [4.78, 5) is 4.32. The minimum atomic E-state index is 0.140. The second-order valence-electron chi connectivity index (χ2n) is 5.95. The zero-order chi connectivity index (χ0) is 14.4. The molecule has 1 fully saturated rings. The van der Waals surface area contributed by atoms with Gasteiger partial charge in [-0.25, -0.2) is 4.98 Å². The van der Waals surface area contributed by atoms with Crippen LogP contribution in [0.1, 0.15) is 46.5 Å². The van der Waals surface area contributed by atoms with Gasteiger partial charge < -0.3 is 15.4 Å². The molecule has 1 aliphatic heterocycles. The highest BCUT2D eigenvalue weighted by Gasteiger charge is 2.17. The fourth-order valence-electron chi connectivity index (χ4n) is 2.69. The van der Waals surface area contributed by atoms with Crippen molar-refractivity contribution < 1.29 is 4.74 Å². The summed E-state index contributed by atoms with van der Waals surface area (Å²) in [6, 6.07) is 5.03. The summed E-state index contributed by atoms with van der Waals surface area (Å²) < 4.78 is 5.75. The van der Waals surface area contributed by atoms with E-state index in [2.05, 4.69) is 22.5 Å². The molecule has 0 aromatic carbocycles. The average Bonchev–Trinajstić information content (AvgIpc) is 2.41. The third-order valence-electron chi connectivity index (χ3n) is 3.57. The predicted molar refractivity (Wildman–Crippen MR) is 83.3 cm³/mol.